The zero-order valence-corrected chi connectivity index (χ0v) is 15.5. The predicted octanol–water partition coefficient (Wildman–Crippen LogP) is 3.27. The first-order valence-corrected chi connectivity index (χ1v) is 7.93. The van der Waals surface area contributed by atoms with Gasteiger partial charge >= 0.3 is 0 Å². The van der Waals surface area contributed by atoms with Gasteiger partial charge in [-0.1, -0.05) is 0 Å². The van der Waals surface area contributed by atoms with E-state index in [9.17, 15) is 10.1 Å². The number of nitriles is 1. The molecule has 140 valence electrons. The van der Waals surface area contributed by atoms with E-state index >= 15 is 0 Å². The average molecular weight is 368 g/mol. The van der Waals surface area contributed by atoms with Crippen molar-refractivity contribution in [3.8, 4) is 29.1 Å². The Morgan fingerprint density at radius 3 is 2.19 bits per heavy atom. The second-order valence-corrected chi connectivity index (χ2v) is 5.30. The summed E-state index contributed by atoms with van der Waals surface area (Å²) < 4.78 is 20.8. The van der Waals surface area contributed by atoms with Gasteiger partial charge in [-0.2, -0.15) is 5.26 Å². The van der Waals surface area contributed by atoms with Crippen molar-refractivity contribution in [3.05, 3.63) is 47.5 Å². The molecule has 0 aromatic heterocycles. The molecule has 1 N–H and O–H groups in total. The molecular weight excluding hydrogens is 348 g/mol. The lowest BCUT2D eigenvalue weighted by atomic mass is 10.1. The van der Waals surface area contributed by atoms with E-state index < -0.39 is 5.91 Å². The second kappa shape index (κ2) is 9.15. The molecule has 7 heteroatoms. The van der Waals surface area contributed by atoms with E-state index in [4.69, 9.17) is 18.9 Å². The third-order valence-corrected chi connectivity index (χ3v) is 3.74. The third kappa shape index (κ3) is 4.70. The van der Waals surface area contributed by atoms with Crippen molar-refractivity contribution in [1.29, 1.82) is 5.26 Å². The topological polar surface area (TPSA) is 89.8 Å². The van der Waals surface area contributed by atoms with E-state index in [2.05, 4.69) is 5.32 Å². The number of rotatable bonds is 7. The molecule has 7 nitrogen and oxygen atoms in total. The number of nitrogens with one attached hydrogen (secondary N) is 1. The van der Waals surface area contributed by atoms with Crippen molar-refractivity contribution in [1.82, 2.24) is 0 Å². The van der Waals surface area contributed by atoms with Crippen molar-refractivity contribution in [2.24, 2.45) is 0 Å². The monoisotopic (exact) mass is 368 g/mol. The van der Waals surface area contributed by atoms with E-state index in [0.29, 0.717) is 34.2 Å². The van der Waals surface area contributed by atoms with Gasteiger partial charge in [0.05, 0.1) is 28.4 Å². The summed E-state index contributed by atoms with van der Waals surface area (Å²) in [5, 5.41) is 12.1. The maximum atomic E-state index is 12.5. The first-order chi connectivity index (χ1) is 13.1. The van der Waals surface area contributed by atoms with Gasteiger partial charge in [-0.25, -0.2) is 0 Å². The SMILES string of the molecule is COc1ccc(OC)c(/C=C(\C#N)C(=O)Nc2ccc(OC)c(OC)c2)c1. The van der Waals surface area contributed by atoms with Gasteiger partial charge in [0.15, 0.2) is 11.5 Å². The molecule has 27 heavy (non-hydrogen) atoms. The van der Waals surface area contributed by atoms with Gasteiger partial charge in [0.1, 0.15) is 23.1 Å². The number of methoxy groups -OCH3 is 4. The Kier molecular flexibility index (Phi) is 6.67. The Morgan fingerprint density at radius 2 is 1.59 bits per heavy atom. The standard InChI is InChI=1S/C20H20N2O5/c1-24-16-6-8-17(25-2)13(10-16)9-14(12-21)20(23)22-15-5-7-18(26-3)19(11-15)27-4/h5-11H,1-4H3,(H,22,23)/b14-9+. The summed E-state index contributed by atoms with van der Waals surface area (Å²) in [6.07, 6.45) is 1.44. The summed E-state index contributed by atoms with van der Waals surface area (Å²) in [6, 6.07) is 11.9. The van der Waals surface area contributed by atoms with E-state index in [-0.39, 0.29) is 5.57 Å². The minimum atomic E-state index is -0.561. The van der Waals surface area contributed by atoms with Gasteiger partial charge in [-0.3, -0.25) is 4.79 Å². The van der Waals surface area contributed by atoms with Crippen molar-refractivity contribution >= 4 is 17.7 Å². The van der Waals surface area contributed by atoms with Gasteiger partial charge in [0, 0.05) is 17.3 Å². The summed E-state index contributed by atoms with van der Waals surface area (Å²) in [7, 11) is 6.06. The highest BCUT2D eigenvalue weighted by Crippen LogP contribution is 2.30. The molecule has 0 saturated carbocycles. The van der Waals surface area contributed by atoms with Crippen molar-refractivity contribution in [2.45, 2.75) is 0 Å². The lowest BCUT2D eigenvalue weighted by molar-refractivity contribution is -0.112. The molecule has 0 aliphatic heterocycles. The highest BCUT2D eigenvalue weighted by molar-refractivity contribution is 6.10. The summed E-state index contributed by atoms with van der Waals surface area (Å²) in [5.41, 5.74) is 0.934. The number of ether oxygens (including phenoxy) is 4. The summed E-state index contributed by atoms with van der Waals surface area (Å²) in [6.45, 7) is 0. The van der Waals surface area contributed by atoms with Crippen LogP contribution >= 0.6 is 0 Å². The third-order valence-electron chi connectivity index (χ3n) is 3.74. The smallest absolute Gasteiger partial charge is 0.266 e. The Morgan fingerprint density at radius 1 is 0.926 bits per heavy atom. The number of benzene rings is 2. The Bertz CT molecular complexity index is 900. The molecule has 0 heterocycles. The first-order valence-electron chi connectivity index (χ1n) is 7.93. The molecule has 0 saturated heterocycles. The van der Waals surface area contributed by atoms with E-state index in [1.54, 1.807) is 36.4 Å². The molecule has 0 bridgehead atoms. The Balaban J connectivity index is 2.31. The van der Waals surface area contributed by atoms with Crippen LogP contribution in [0.2, 0.25) is 0 Å². The largest absolute Gasteiger partial charge is 0.497 e. The van der Waals surface area contributed by atoms with Crippen LogP contribution in [0.15, 0.2) is 42.0 Å². The van der Waals surface area contributed by atoms with E-state index in [1.165, 1.54) is 34.5 Å². The van der Waals surface area contributed by atoms with Gasteiger partial charge in [0.25, 0.3) is 5.91 Å². The van der Waals surface area contributed by atoms with Gasteiger partial charge in [-0.05, 0) is 36.4 Å². The van der Waals surface area contributed by atoms with Crippen LogP contribution < -0.4 is 24.3 Å². The number of nitrogens with zero attached hydrogens (tertiary/aromatic N) is 1. The molecule has 2 aromatic carbocycles. The molecule has 2 aromatic rings. The van der Waals surface area contributed by atoms with Crippen LogP contribution in [0, 0.1) is 11.3 Å². The normalized spacial score (nSPS) is 10.6. The van der Waals surface area contributed by atoms with Crippen LogP contribution in [0.1, 0.15) is 5.56 Å². The molecule has 2 rings (SSSR count). The van der Waals surface area contributed by atoms with Crippen molar-refractivity contribution in [3.63, 3.8) is 0 Å². The van der Waals surface area contributed by atoms with Gasteiger partial charge in [0.2, 0.25) is 0 Å². The highest BCUT2D eigenvalue weighted by Gasteiger charge is 2.13. The molecule has 0 atom stereocenters. The maximum absolute atomic E-state index is 12.5. The van der Waals surface area contributed by atoms with Crippen molar-refractivity contribution < 1.29 is 23.7 Å². The number of hydrogen-bond acceptors (Lipinski definition) is 6. The fraction of sp³-hybridized carbons (Fsp3) is 0.200. The molecule has 0 fully saturated rings. The fourth-order valence-corrected chi connectivity index (χ4v) is 2.37. The number of carbonyl (C=O) groups is 1. The van der Waals surface area contributed by atoms with E-state index in [1.807, 2.05) is 6.07 Å². The van der Waals surface area contributed by atoms with Crippen LogP contribution in [0.4, 0.5) is 5.69 Å². The average Bonchev–Trinajstić information content (AvgIpc) is 2.71. The molecule has 0 aliphatic rings. The van der Waals surface area contributed by atoms with Crippen LogP contribution in [-0.2, 0) is 4.79 Å². The summed E-state index contributed by atoms with van der Waals surface area (Å²) >= 11 is 0. The minimum Gasteiger partial charge on any atom is -0.497 e. The van der Waals surface area contributed by atoms with Crippen LogP contribution in [-0.4, -0.2) is 34.3 Å². The zero-order chi connectivity index (χ0) is 19.8. The molecule has 0 radical (unpaired) electrons. The number of amides is 1. The minimum absolute atomic E-state index is 0.0867. The van der Waals surface area contributed by atoms with Gasteiger partial charge in [-0.15, -0.1) is 0 Å². The molecule has 0 unspecified atom stereocenters. The molecule has 0 aliphatic carbocycles. The van der Waals surface area contributed by atoms with Crippen molar-refractivity contribution in [2.75, 3.05) is 33.8 Å². The molecule has 0 spiro atoms. The number of carbonyl (C=O) groups excluding carboxylic acids is 1. The molecular formula is C20H20N2O5. The first kappa shape index (κ1) is 19.7. The predicted molar refractivity (Wildman–Crippen MR) is 101 cm³/mol. The molecule has 1 amide bonds. The highest BCUT2D eigenvalue weighted by atomic mass is 16.5. The van der Waals surface area contributed by atoms with Gasteiger partial charge < -0.3 is 24.3 Å². The second-order valence-electron chi connectivity index (χ2n) is 5.30. The summed E-state index contributed by atoms with van der Waals surface area (Å²) in [4.78, 5) is 12.5. The maximum Gasteiger partial charge on any atom is 0.266 e. The zero-order valence-electron chi connectivity index (χ0n) is 15.5. The fourth-order valence-electron chi connectivity index (χ4n) is 2.37. The Labute approximate surface area is 157 Å². The lowest BCUT2D eigenvalue weighted by Gasteiger charge is -2.11. The Hall–Kier alpha value is -3.66. The quantitative estimate of drug-likeness (QED) is 0.596. The lowest BCUT2D eigenvalue weighted by Crippen LogP contribution is -2.13. The van der Waals surface area contributed by atoms with Crippen LogP contribution in [0.5, 0.6) is 23.0 Å². The van der Waals surface area contributed by atoms with Crippen LogP contribution in [0.3, 0.4) is 0 Å². The van der Waals surface area contributed by atoms with E-state index in [0.717, 1.165) is 0 Å². The van der Waals surface area contributed by atoms with Crippen LogP contribution in [0.25, 0.3) is 6.08 Å². The number of anilines is 1. The summed E-state index contributed by atoms with van der Waals surface area (Å²) in [5.74, 6) is 1.54. The number of hydrogen-bond donors (Lipinski definition) is 1.